The van der Waals surface area contributed by atoms with Crippen molar-refractivity contribution in [2.24, 2.45) is 11.8 Å². The van der Waals surface area contributed by atoms with Gasteiger partial charge in [-0.1, -0.05) is 33.6 Å². The summed E-state index contributed by atoms with van der Waals surface area (Å²) in [6, 6.07) is 1.22. The molecule has 2 aliphatic rings. The molecule has 1 saturated carbocycles. The van der Waals surface area contributed by atoms with Gasteiger partial charge >= 0.3 is 0 Å². The average molecular weight is 252 g/mol. The van der Waals surface area contributed by atoms with Gasteiger partial charge in [-0.05, 0) is 25.2 Å². The van der Waals surface area contributed by atoms with E-state index in [9.17, 15) is 4.79 Å². The highest BCUT2D eigenvalue weighted by molar-refractivity contribution is 5.78. The van der Waals surface area contributed by atoms with Gasteiger partial charge < -0.3 is 10.2 Å². The molecule has 3 nitrogen and oxygen atoms in total. The van der Waals surface area contributed by atoms with Crippen LogP contribution in [-0.4, -0.2) is 36.0 Å². The lowest BCUT2D eigenvalue weighted by Gasteiger charge is -2.39. The molecule has 1 heterocycles. The van der Waals surface area contributed by atoms with Gasteiger partial charge in [0.2, 0.25) is 5.91 Å². The van der Waals surface area contributed by atoms with Crippen molar-refractivity contribution >= 4 is 5.91 Å². The van der Waals surface area contributed by atoms with Crippen molar-refractivity contribution in [3.8, 4) is 0 Å². The monoisotopic (exact) mass is 252 g/mol. The molecule has 2 atom stereocenters. The normalized spacial score (nSPS) is 30.1. The third-order valence-corrected chi connectivity index (χ3v) is 4.29. The summed E-state index contributed by atoms with van der Waals surface area (Å²) in [5.41, 5.74) is 0. The number of hydrogen-bond acceptors (Lipinski definition) is 2. The van der Waals surface area contributed by atoms with E-state index in [1.54, 1.807) is 0 Å². The molecule has 0 aromatic rings. The Morgan fingerprint density at radius 1 is 1.17 bits per heavy atom. The number of nitrogens with zero attached hydrogens (tertiary/aromatic N) is 1. The minimum Gasteiger partial charge on any atom is -0.341 e. The van der Waals surface area contributed by atoms with E-state index in [1.165, 1.54) is 32.1 Å². The van der Waals surface area contributed by atoms with Gasteiger partial charge in [-0.3, -0.25) is 4.79 Å². The fourth-order valence-electron chi connectivity index (χ4n) is 3.44. The van der Waals surface area contributed by atoms with Crippen molar-refractivity contribution in [1.82, 2.24) is 10.2 Å². The van der Waals surface area contributed by atoms with Crippen LogP contribution >= 0.6 is 0 Å². The average Bonchev–Trinajstić information content (AvgIpc) is 2.79. The molecule has 104 valence electrons. The first kappa shape index (κ1) is 13.9. The molecule has 2 rings (SSSR count). The maximum Gasteiger partial charge on any atom is 0.225 e. The predicted octanol–water partition coefficient (Wildman–Crippen LogP) is 2.41. The Morgan fingerprint density at radius 3 is 2.44 bits per heavy atom. The second-order valence-corrected chi connectivity index (χ2v) is 6.58. The zero-order chi connectivity index (χ0) is 13.1. The molecule has 1 saturated heterocycles. The molecule has 1 N–H and O–H groups in total. The van der Waals surface area contributed by atoms with Gasteiger partial charge in [-0.2, -0.15) is 0 Å². The largest absolute Gasteiger partial charge is 0.341 e. The van der Waals surface area contributed by atoms with E-state index in [0.29, 0.717) is 23.9 Å². The number of carbonyl (C=O) groups excluding carboxylic acids is 1. The van der Waals surface area contributed by atoms with Crippen LogP contribution in [0, 0.1) is 11.8 Å². The number of likely N-dealkylation sites (tertiary alicyclic amines) is 1. The highest BCUT2D eigenvalue weighted by Gasteiger charge is 2.30. The van der Waals surface area contributed by atoms with Gasteiger partial charge in [0.25, 0.3) is 0 Å². The van der Waals surface area contributed by atoms with Gasteiger partial charge in [0, 0.05) is 31.1 Å². The summed E-state index contributed by atoms with van der Waals surface area (Å²) < 4.78 is 0. The standard InChI is InChI=1S/C15H28N2O/c1-11(2)15(18)17-9-12(3)8-14(10-17)16-13-6-4-5-7-13/h11-14,16H,4-10H2,1-3H3. The first-order chi connectivity index (χ1) is 8.56. The number of nitrogens with one attached hydrogen (secondary N) is 1. The van der Waals surface area contributed by atoms with Crippen molar-refractivity contribution in [2.45, 2.75) is 65.0 Å². The minimum absolute atomic E-state index is 0.127. The van der Waals surface area contributed by atoms with Crippen LogP contribution in [0.25, 0.3) is 0 Å². The summed E-state index contributed by atoms with van der Waals surface area (Å²) in [6.07, 6.45) is 6.60. The summed E-state index contributed by atoms with van der Waals surface area (Å²) in [5, 5.41) is 3.78. The van der Waals surface area contributed by atoms with Crippen molar-refractivity contribution in [3.63, 3.8) is 0 Å². The molecule has 3 heteroatoms. The van der Waals surface area contributed by atoms with E-state index in [0.717, 1.165) is 13.1 Å². The smallest absolute Gasteiger partial charge is 0.225 e. The van der Waals surface area contributed by atoms with Crippen molar-refractivity contribution in [1.29, 1.82) is 0 Å². The molecule has 0 spiro atoms. The Hall–Kier alpha value is -0.570. The summed E-state index contributed by atoms with van der Waals surface area (Å²) in [6.45, 7) is 8.13. The van der Waals surface area contributed by atoms with Crippen LogP contribution in [0.1, 0.15) is 52.9 Å². The highest BCUT2D eigenvalue weighted by atomic mass is 16.2. The third kappa shape index (κ3) is 3.47. The molecule has 2 fully saturated rings. The lowest BCUT2D eigenvalue weighted by Crippen LogP contribution is -2.53. The van der Waals surface area contributed by atoms with Gasteiger partial charge in [-0.15, -0.1) is 0 Å². The van der Waals surface area contributed by atoms with Crippen LogP contribution in [-0.2, 0) is 4.79 Å². The van der Waals surface area contributed by atoms with E-state index in [-0.39, 0.29) is 5.92 Å². The summed E-state index contributed by atoms with van der Waals surface area (Å²) >= 11 is 0. The molecule has 18 heavy (non-hydrogen) atoms. The van der Waals surface area contributed by atoms with Crippen LogP contribution in [0.2, 0.25) is 0 Å². The van der Waals surface area contributed by atoms with E-state index in [2.05, 4.69) is 17.1 Å². The van der Waals surface area contributed by atoms with Gasteiger partial charge in [-0.25, -0.2) is 0 Å². The maximum atomic E-state index is 12.1. The Morgan fingerprint density at radius 2 is 1.83 bits per heavy atom. The first-order valence-electron chi connectivity index (χ1n) is 7.61. The molecule has 0 bridgehead atoms. The second-order valence-electron chi connectivity index (χ2n) is 6.58. The van der Waals surface area contributed by atoms with Crippen LogP contribution < -0.4 is 5.32 Å². The van der Waals surface area contributed by atoms with Crippen molar-refractivity contribution in [3.05, 3.63) is 0 Å². The molecular weight excluding hydrogens is 224 g/mol. The topological polar surface area (TPSA) is 32.3 Å². The molecule has 2 unspecified atom stereocenters. The molecule has 1 amide bonds. The minimum atomic E-state index is 0.127. The van der Waals surface area contributed by atoms with Crippen LogP contribution in [0.4, 0.5) is 0 Å². The molecule has 1 aliphatic heterocycles. The van der Waals surface area contributed by atoms with Gasteiger partial charge in [0.1, 0.15) is 0 Å². The molecule has 0 aromatic heterocycles. The summed E-state index contributed by atoms with van der Waals surface area (Å²) in [4.78, 5) is 14.2. The number of piperidine rings is 1. The molecular formula is C15H28N2O. The lowest BCUT2D eigenvalue weighted by molar-refractivity contribution is -0.136. The van der Waals surface area contributed by atoms with Crippen molar-refractivity contribution in [2.75, 3.05) is 13.1 Å². The van der Waals surface area contributed by atoms with Crippen LogP contribution in [0.3, 0.4) is 0 Å². The van der Waals surface area contributed by atoms with E-state index in [1.807, 2.05) is 13.8 Å². The number of amides is 1. The molecule has 0 radical (unpaired) electrons. The SMILES string of the molecule is CC1CC(NC2CCCC2)CN(C(=O)C(C)C)C1. The van der Waals surface area contributed by atoms with Crippen LogP contribution in [0.15, 0.2) is 0 Å². The fraction of sp³-hybridized carbons (Fsp3) is 0.933. The zero-order valence-corrected chi connectivity index (χ0v) is 12.1. The van der Waals surface area contributed by atoms with E-state index < -0.39 is 0 Å². The Labute approximate surface area is 111 Å². The fourth-order valence-corrected chi connectivity index (χ4v) is 3.44. The Balaban J connectivity index is 1.89. The highest BCUT2D eigenvalue weighted by Crippen LogP contribution is 2.23. The van der Waals surface area contributed by atoms with E-state index >= 15 is 0 Å². The first-order valence-corrected chi connectivity index (χ1v) is 7.61. The number of hydrogen-bond donors (Lipinski definition) is 1. The van der Waals surface area contributed by atoms with E-state index in [4.69, 9.17) is 0 Å². The van der Waals surface area contributed by atoms with Gasteiger partial charge in [0.05, 0.1) is 0 Å². The van der Waals surface area contributed by atoms with Crippen LogP contribution in [0.5, 0.6) is 0 Å². The number of rotatable bonds is 3. The quantitative estimate of drug-likeness (QED) is 0.836. The third-order valence-electron chi connectivity index (χ3n) is 4.29. The maximum absolute atomic E-state index is 12.1. The lowest BCUT2D eigenvalue weighted by atomic mass is 9.94. The second kappa shape index (κ2) is 6.05. The Kier molecular flexibility index (Phi) is 4.66. The zero-order valence-electron chi connectivity index (χ0n) is 12.1. The summed E-state index contributed by atoms with van der Waals surface area (Å²) in [7, 11) is 0. The molecule has 1 aliphatic carbocycles. The summed E-state index contributed by atoms with van der Waals surface area (Å²) in [5.74, 6) is 1.07. The van der Waals surface area contributed by atoms with Crippen molar-refractivity contribution < 1.29 is 4.79 Å². The Bertz CT molecular complexity index is 284. The predicted molar refractivity (Wildman–Crippen MR) is 74.4 cm³/mol. The molecule has 0 aromatic carbocycles. The number of carbonyl (C=O) groups is 1. The van der Waals surface area contributed by atoms with Gasteiger partial charge in [0.15, 0.2) is 0 Å².